The molecular formula is C13H27NS. The standard InChI is InChI=1S/C13H27NS/c1-3-4-9-14-10-12(2)15-11-13-7-5-6-8-13/h12-14H,3-11H2,1-2H3. The molecule has 2 heteroatoms. The molecule has 1 N–H and O–H groups in total. The van der Waals surface area contributed by atoms with Gasteiger partial charge in [-0.1, -0.05) is 33.1 Å². The second kappa shape index (κ2) is 8.46. The third-order valence-electron chi connectivity index (χ3n) is 3.23. The van der Waals surface area contributed by atoms with Gasteiger partial charge in [-0.2, -0.15) is 11.8 Å². The van der Waals surface area contributed by atoms with Crippen LogP contribution in [0, 0.1) is 5.92 Å². The van der Waals surface area contributed by atoms with Crippen LogP contribution in [0.1, 0.15) is 52.4 Å². The number of nitrogens with one attached hydrogen (secondary N) is 1. The van der Waals surface area contributed by atoms with E-state index in [-0.39, 0.29) is 0 Å². The van der Waals surface area contributed by atoms with E-state index in [4.69, 9.17) is 0 Å². The van der Waals surface area contributed by atoms with Crippen LogP contribution in [0.4, 0.5) is 0 Å². The molecule has 0 amide bonds. The van der Waals surface area contributed by atoms with Crippen LogP contribution in [-0.2, 0) is 0 Å². The maximum Gasteiger partial charge on any atom is 0.0144 e. The van der Waals surface area contributed by atoms with Gasteiger partial charge in [-0.05, 0) is 37.5 Å². The molecule has 0 radical (unpaired) electrons. The molecular weight excluding hydrogens is 202 g/mol. The number of hydrogen-bond donors (Lipinski definition) is 1. The topological polar surface area (TPSA) is 12.0 Å². The average Bonchev–Trinajstić information content (AvgIpc) is 2.74. The molecule has 0 aliphatic heterocycles. The van der Waals surface area contributed by atoms with E-state index < -0.39 is 0 Å². The fourth-order valence-corrected chi connectivity index (χ4v) is 3.31. The highest BCUT2D eigenvalue weighted by atomic mass is 32.2. The molecule has 90 valence electrons. The Morgan fingerprint density at radius 1 is 1.33 bits per heavy atom. The first-order chi connectivity index (χ1) is 7.33. The van der Waals surface area contributed by atoms with Crippen molar-refractivity contribution in [3.05, 3.63) is 0 Å². The van der Waals surface area contributed by atoms with E-state index in [1.807, 2.05) is 0 Å². The Hall–Kier alpha value is 0.310. The molecule has 15 heavy (non-hydrogen) atoms. The quantitative estimate of drug-likeness (QED) is 0.637. The zero-order chi connectivity index (χ0) is 10.9. The Kier molecular flexibility index (Phi) is 7.54. The van der Waals surface area contributed by atoms with Crippen molar-refractivity contribution in [1.29, 1.82) is 0 Å². The van der Waals surface area contributed by atoms with E-state index in [1.165, 1.54) is 57.4 Å². The van der Waals surface area contributed by atoms with E-state index >= 15 is 0 Å². The Morgan fingerprint density at radius 2 is 2.07 bits per heavy atom. The highest BCUT2D eigenvalue weighted by molar-refractivity contribution is 7.99. The van der Waals surface area contributed by atoms with Gasteiger partial charge in [-0.25, -0.2) is 0 Å². The highest BCUT2D eigenvalue weighted by Gasteiger charge is 2.15. The van der Waals surface area contributed by atoms with Crippen LogP contribution < -0.4 is 5.32 Å². The second-order valence-electron chi connectivity index (χ2n) is 4.85. The zero-order valence-electron chi connectivity index (χ0n) is 10.4. The normalized spacial score (nSPS) is 19.6. The first kappa shape index (κ1) is 13.4. The third-order valence-corrected chi connectivity index (χ3v) is 4.63. The Balaban J connectivity index is 1.90. The smallest absolute Gasteiger partial charge is 0.0144 e. The summed E-state index contributed by atoms with van der Waals surface area (Å²) in [7, 11) is 0. The monoisotopic (exact) mass is 229 g/mol. The summed E-state index contributed by atoms with van der Waals surface area (Å²) in [5.41, 5.74) is 0. The number of thioether (sulfide) groups is 1. The van der Waals surface area contributed by atoms with E-state index in [9.17, 15) is 0 Å². The molecule has 0 bridgehead atoms. The lowest BCUT2D eigenvalue weighted by Gasteiger charge is -2.15. The van der Waals surface area contributed by atoms with Crippen molar-refractivity contribution in [2.75, 3.05) is 18.8 Å². The van der Waals surface area contributed by atoms with Crippen molar-refractivity contribution >= 4 is 11.8 Å². The van der Waals surface area contributed by atoms with Crippen LogP contribution in [0.3, 0.4) is 0 Å². The summed E-state index contributed by atoms with van der Waals surface area (Å²) in [4.78, 5) is 0. The minimum Gasteiger partial charge on any atom is -0.316 e. The summed E-state index contributed by atoms with van der Waals surface area (Å²) < 4.78 is 0. The van der Waals surface area contributed by atoms with Gasteiger partial charge < -0.3 is 5.32 Å². The molecule has 1 aliphatic carbocycles. The molecule has 0 spiro atoms. The maximum atomic E-state index is 3.54. The fraction of sp³-hybridized carbons (Fsp3) is 1.00. The molecule has 1 nitrogen and oxygen atoms in total. The van der Waals surface area contributed by atoms with Gasteiger partial charge in [-0.3, -0.25) is 0 Å². The summed E-state index contributed by atoms with van der Waals surface area (Å²) in [6, 6.07) is 0. The molecule has 1 rings (SSSR count). The lowest BCUT2D eigenvalue weighted by Crippen LogP contribution is -2.24. The average molecular weight is 229 g/mol. The molecule has 0 aromatic carbocycles. The minimum atomic E-state index is 0.794. The maximum absolute atomic E-state index is 3.54. The second-order valence-corrected chi connectivity index (χ2v) is 6.32. The van der Waals surface area contributed by atoms with Gasteiger partial charge in [0.25, 0.3) is 0 Å². The number of rotatable bonds is 8. The first-order valence-electron chi connectivity index (χ1n) is 6.65. The van der Waals surface area contributed by atoms with Crippen molar-refractivity contribution < 1.29 is 0 Å². The van der Waals surface area contributed by atoms with Crippen molar-refractivity contribution in [3.63, 3.8) is 0 Å². The Labute approximate surface area is 99.8 Å². The molecule has 1 unspecified atom stereocenters. The highest BCUT2D eigenvalue weighted by Crippen LogP contribution is 2.29. The molecule has 0 aromatic heterocycles. The molecule has 1 atom stereocenters. The Bertz CT molecular complexity index is 143. The first-order valence-corrected chi connectivity index (χ1v) is 7.70. The molecule has 1 aliphatic rings. The van der Waals surface area contributed by atoms with Crippen molar-refractivity contribution in [1.82, 2.24) is 5.32 Å². The lowest BCUT2D eigenvalue weighted by atomic mass is 10.1. The Morgan fingerprint density at radius 3 is 2.73 bits per heavy atom. The molecule has 0 heterocycles. The third kappa shape index (κ3) is 6.47. The van der Waals surface area contributed by atoms with Crippen LogP contribution in [-0.4, -0.2) is 24.1 Å². The van der Waals surface area contributed by atoms with E-state index in [1.54, 1.807) is 0 Å². The summed E-state index contributed by atoms with van der Waals surface area (Å²) >= 11 is 2.17. The number of unbranched alkanes of at least 4 members (excludes halogenated alkanes) is 1. The summed E-state index contributed by atoms with van der Waals surface area (Å²) in [5.74, 6) is 2.43. The molecule has 1 saturated carbocycles. The van der Waals surface area contributed by atoms with E-state index in [0.29, 0.717) is 0 Å². The van der Waals surface area contributed by atoms with Gasteiger partial charge in [-0.15, -0.1) is 0 Å². The zero-order valence-corrected chi connectivity index (χ0v) is 11.2. The molecule has 0 aromatic rings. The largest absolute Gasteiger partial charge is 0.316 e. The lowest BCUT2D eigenvalue weighted by molar-refractivity contribution is 0.615. The SMILES string of the molecule is CCCCNCC(C)SCC1CCCC1. The summed E-state index contributed by atoms with van der Waals surface area (Å²) in [6.45, 7) is 7.00. The predicted octanol–water partition coefficient (Wildman–Crippen LogP) is 3.69. The molecule has 0 saturated heterocycles. The van der Waals surface area contributed by atoms with Crippen LogP contribution in [0.25, 0.3) is 0 Å². The fourth-order valence-electron chi connectivity index (χ4n) is 2.14. The summed E-state index contributed by atoms with van der Waals surface area (Å²) in [5, 5.41) is 4.33. The van der Waals surface area contributed by atoms with E-state index in [0.717, 1.165) is 11.2 Å². The number of hydrogen-bond acceptors (Lipinski definition) is 2. The van der Waals surface area contributed by atoms with Crippen LogP contribution in [0.5, 0.6) is 0 Å². The van der Waals surface area contributed by atoms with Crippen molar-refractivity contribution in [3.8, 4) is 0 Å². The van der Waals surface area contributed by atoms with Crippen LogP contribution >= 0.6 is 11.8 Å². The minimum absolute atomic E-state index is 0.794. The van der Waals surface area contributed by atoms with Crippen molar-refractivity contribution in [2.45, 2.75) is 57.6 Å². The van der Waals surface area contributed by atoms with E-state index in [2.05, 4.69) is 30.9 Å². The van der Waals surface area contributed by atoms with Crippen molar-refractivity contribution in [2.24, 2.45) is 5.92 Å². The summed E-state index contributed by atoms with van der Waals surface area (Å²) in [6.07, 6.45) is 8.56. The van der Waals surface area contributed by atoms with Gasteiger partial charge in [0.2, 0.25) is 0 Å². The predicted molar refractivity (Wildman–Crippen MR) is 71.7 cm³/mol. The van der Waals surface area contributed by atoms with Crippen LogP contribution in [0.2, 0.25) is 0 Å². The van der Waals surface area contributed by atoms with Gasteiger partial charge in [0.1, 0.15) is 0 Å². The van der Waals surface area contributed by atoms with Gasteiger partial charge in [0.05, 0.1) is 0 Å². The van der Waals surface area contributed by atoms with Gasteiger partial charge in [0.15, 0.2) is 0 Å². The van der Waals surface area contributed by atoms with Gasteiger partial charge in [0, 0.05) is 11.8 Å². The molecule has 1 fully saturated rings. The van der Waals surface area contributed by atoms with Crippen LogP contribution in [0.15, 0.2) is 0 Å². The van der Waals surface area contributed by atoms with Gasteiger partial charge >= 0.3 is 0 Å².